The van der Waals surface area contributed by atoms with E-state index in [1.54, 1.807) is 13.8 Å². The van der Waals surface area contributed by atoms with Crippen LogP contribution in [-0.4, -0.2) is 44.5 Å². The maximum Gasteiger partial charge on any atom is 0.305 e. The van der Waals surface area contributed by atoms with Crippen molar-refractivity contribution in [3.8, 4) is 0 Å². The van der Waals surface area contributed by atoms with Crippen LogP contribution >= 0.6 is 0 Å². The van der Waals surface area contributed by atoms with E-state index in [1.165, 1.54) is 7.11 Å². The molecule has 6 nitrogen and oxygen atoms in total. The highest BCUT2D eigenvalue weighted by atomic mass is 32.2. The van der Waals surface area contributed by atoms with Gasteiger partial charge in [-0.2, -0.15) is 0 Å². The predicted octanol–water partition coefficient (Wildman–Crippen LogP) is 0.0200. The Kier molecular flexibility index (Phi) is 6.66. The Bertz CT molecular complexity index is 335. The maximum atomic E-state index is 11.7. The summed E-state index contributed by atoms with van der Waals surface area (Å²) in [5, 5.41) is 9.10. The van der Waals surface area contributed by atoms with Crippen molar-refractivity contribution in [3.05, 3.63) is 0 Å². The molecule has 0 radical (unpaired) electrons. The summed E-state index contributed by atoms with van der Waals surface area (Å²) in [4.78, 5) is 10.8. The zero-order chi connectivity index (χ0) is 13.5. The molecular weight excluding hydrogens is 246 g/mol. The van der Waals surface area contributed by atoms with E-state index in [2.05, 4.69) is 9.46 Å². The van der Waals surface area contributed by atoms with Crippen LogP contribution in [0.25, 0.3) is 0 Å². The minimum Gasteiger partial charge on any atom is -0.469 e. The molecule has 0 bridgehead atoms. The molecule has 0 aromatic rings. The molecule has 0 rings (SSSR count). The van der Waals surface area contributed by atoms with Crippen LogP contribution in [0.3, 0.4) is 0 Å². The Morgan fingerprint density at radius 3 is 2.47 bits per heavy atom. The zero-order valence-corrected chi connectivity index (χ0v) is 11.3. The molecule has 0 heterocycles. The number of carbonyl (C=O) groups excluding carboxylic acids is 1. The number of hydrogen-bond acceptors (Lipinski definition) is 5. The van der Waals surface area contributed by atoms with Gasteiger partial charge in [0.25, 0.3) is 0 Å². The van der Waals surface area contributed by atoms with Gasteiger partial charge in [-0.15, -0.1) is 0 Å². The Morgan fingerprint density at radius 1 is 1.47 bits per heavy atom. The van der Waals surface area contributed by atoms with Crippen LogP contribution in [0, 0.1) is 0 Å². The lowest BCUT2D eigenvalue weighted by molar-refractivity contribution is -0.140. The van der Waals surface area contributed by atoms with Gasteiger partial charge in [0.15, 0.2) is 0 Å². The second-order valence-electron chi connectivity index (χ2n) is 4.17. The highest BCUT2D eigenvalue weighted by molar-refractivity contribution is 7.89. The highest BCUT2D eigenvalue weighted by Crippen LogP contribution is 2.10. The van der Waals surface area contributed by atoms with Crippen molar-refractivity contribution in [1.82, 2.24) is 4.72 Å². The van der Waals surface area contributed by atoms with Crippen LogP contribution in [0.15, 0.2) is 0 Å². The van der Waals surface area contributed by atoms with Crippen molar-refractivity contribution < 1.29 is 23.1 Å². The van der Waals surface area contributed by atoms with Gasteiger partial charge in [0.2, 0.25) is 10.0 Å². The van der Waals surface area contributed by atoms with E-state index in [1.807, 2.05) is 0 Å². The van der Waals surface area contributed by atoms with Crippen molar-refractivity contribution in [2.45, 2.75) is 38.6 Å². The number of ether oxygens (including phenoxy) is 1. The van der Waals surface area contributed by atoms with E-state index in [0.29, 0.717) is 6.42 Å². The molecule has 7 heteroatoms. The van der Waals surface area contributed by atoms with Gasteiger partial charge in [-0.3, -0.25) is 4.79 Å². The molecule has 102 valence electrons. The molecule has 0 spiro atoms. The molecular formula is C10H21NO5S. The van der Waals surface area contributed by atoms with Crippen LogP contribution in [0.2, 0.25) is 0 Å². The van der Waals surface area contributed by atoms with Gasteiger partial charge >= 0.3 is 5.97 Å². The Labute approximate surface area is 102 Å². The lowest BCUT2D eigenvalue weighted by atomic mass is 10.0. The minimum absolute atomic E-state index is 0.0688. The monoisotopic (exact) mass is 267 g/mol. The van der Waals surface area contributed by atoms with Crippen LogP contribution in [0.4, 0.5) is 0 Å². The van der Waals surface area contributed by atoms with E-state index >= 15 is 0 Å². The molecule has 17 heavy (non-hydrogen) atoms. The largest absolute Gasteiger partial charge is 0.469 e. The van der Waals surface area contributed by atoms with E-state index in [9.17, 15) is 13.2 Å². The Hall–Kier alpha value is -0.660. The third kappa shape index (κ3) is 6.60. The number of aliphatic hydroxyl groups excluding tert-OH is 1. The second kappa shape index (κ2) is 6.93. The van der Waals surface area contributed by atoms with Crippen LogP contribution < -0.4 is 4.72 Å². The number of esters is 1. The van der Waals surface area contributed by atoms with Gasteiger partial charge in [0.1, 0.15) is 0 Å². The van der Waals surface area contributed by atoms with Crippen LogP contribution in [0.1, 0.15) is 33.1 Å². The standard InChI is InChI=1S/C10H21NO5S/c1-4-10(2,8-12)11-17(14,15)7-5-6-9(13)16-3/h11-12H,4-8H2,1-3H3. The van der Waals surface area contributed by atoms with Gasteiger partial charge in [-0.1, -0.05) is 6.92 Å². The molecule has 0 aromatic heterocycles. The minimum atomic E-state index is -3.49. The number of methoxy groups -OCH3 is 1. The summed E-state index contributed by atoms with van der Waals surface area (Å²) < 4.78 is 30.2. The molecule has 0 amide bonds. The Balaban J connectivity index is 4.26. The fourth-order valence-electron chi connectivity index (χ4n) is 1.15. The zero-order valence-electron chi connectivity index (χ0n) is 10.5. The molecule has 0 saturated heterocycles. The quantitative estimate of drug-likeness (QED) is 0.605. The summed E-state index contributed by atoms with van der Waals surface area (Å²) in [6.45, 7) is 3.15. The average molecular weight is 267 g/mol. The fourth-order valence-corrected chi connectivity index (χ4v) is 2.74. The first kappa shape index (κ1) is 16.3. The molecule has 0 aliphatic rings. The lowest BCUT2D eigenvalue weighted by Gasteiger charge is -2.26. The van der Waals surface area contributed by atoms with Crippen LogP contribution in [-0.2, 0) is 19.6 Å². The van der Waals surface area contributed by atoms with E-state index in [0.717, 1.165) is 0 Å². The molecule has 0 saturated carbocycles. The van der Waals surface area contributed by atoms with Crippen LogP contribution in [0.5, 0.6) is 0 Å². The molecule has 0 aliphatic carbocycles. The molecule has 0 aromatic carbocycles. The molecule has 0 aliphatic heterocycles. The summed E-state index contributed by atoms with van der Waals surface area (Å²) in [5.74, 6) is -0.585. The number of sulfonamides is 1. The third-order valence-electron chi connectivity index (χ3n) is 2.55. The molecule has 0 fully saturated rings. The van der Waals surface area contributed by atoms with Gasteiger partial charge in [0.05, 0.1) is 25.0 Å². The SMILES string of the molecule is CCC(C)(CO)NS(=O)(=O)CCCC(=O)OC. The predicted molar refractivity (Wildman–Crippen MR) is 64.0 cm³/mol. The van der Waals surface area contributed by atoms with Crippen molar-refractivity contribution in [1.29, 1.82) is 0 Å². The van der Waals surface area contributed by atoms with Crippen molar-refractivity contribution in [3.63, 3.8) is 0 Å². The average Bonchev–Trinajstić information content (AvgIpc) is 2.27. The molecule has 1 atom stereocenters. The first-order valence-electron chi connectivity index (χ1n) is 5.48. The topological polar surface area (TPSA) is 92.7 Å². The number of carbonyl (C=O) groups is 1. The first-order chi connectivity index (χ1) is 7.78. The Morgan fingerprint density at radius 2 is 2.06 bits per heavy atom. The normalized spacial score (nSPS) is 15.3. The van der Waals surface area contributed by atoms with Gasteiger partial charge in [-0.05, 0) is 19.8 Å². The summed E-state index contributed by atoms with van der Waals surface area (Å²) in [6, 6.07) is 0. The van der Waals surface area contributed by atoms with Crippen molar-refractivity contribution >= 4 is 16.0 Å². The second-order valence-corrected chi connectivity index (χ2v) is 6.01. The first-order valence-corrected chi connectivity index (χ1v) is 7.13. The smallest absolute Gasteiger partial charge is 0.305 e. The maximum absolute atomic E-state index is 11.7. The number of nitrogens with one attached hydrogen (secondary N) is 1. The van der Waals surface area contributed by atoms with Gasteiger partial charge in [-0.25, -0.2) is 13.1 Å². The van der Waals surface area contributed by atoms with Gasteiger partial charge in [0, 0.05) is 6.42 Å². The van der Waals surface area contributed by atoms with Crippen molar-refractivity contribution in [2.75, 3.05) is 19.5 Å². The summed E-state index contributed by atoms with van der Waals surface area (Å²) in [5.41, 5.74) is -0.843. The van der Waals surface area contributed by atoms with E-state index in [4.69, 9.17) is 5.11 Å². The summed E-state index contributed by atoms with van der Waals surface area (Å²) in [7, 11) is -2.23. The third-order valence-corrected chi connectivity index (χ3v) is 4.18. The fraction of sp³-hybridized carbons (Fsp3) is 0.900. The van der Waals surface area contributed by atoms with E-state index in [-0.39, 0.29) is 25.2 Å². The molecule has 2 N–H and O–H groups in total. The number of rotatable bonds is 8. The number of aliphatic hydroxyl groups is 1. The number of hydrogen-bond donors (Lipinski definition) is 2. The van der Waals surface area contributed by atoms with Gasteiger partial charge < -0.3 is 9.84 Å². The highest BCUT2D eigenvalue weighted by Gasteiger charge is 2.26. The molecule has 1 unspecified atom stereocenters. The lowest BCUT2D eigenvalue weighted by Crippen LogP contribution is -2.49. The summed E-state index contributed by atoms with van der Waals surface area (Å²) >= 11 is 0. The van der Waals surface area contributed by atoms with E-state index < -0.39 is 21.5 Å². The van der Waals surface area contributed by atoms with Crippen molar-refractivity contribution in [2.24, 2.45) is 0 Å². The summed E-state index contributed by atoms with van der Waals surface area (Å²) in [6.07, 6.45) is 0.756.